The molecule has 1 amide bonds. The van der Waals surface area contributed by atoms with E-state index in [4.69, 9.17) is 28.8 Å². The van der Waals surface area contributed by atoms with Gasteiger partial charge in [0.1, 0.15) is 0 Å². The van der Waals surface area contributed by atoms with Crippen LogP contribution in [0.2, 0.25) is 5.02 Å². The number of β-amino-alcohol motifs (C(OH)–C–C–N with tert-alkyl or cyclic N) is 1. The maximum atomic E-state index is 13.2. The molecule has 0 aromatic heterocycles. The predicted octanol–water partition coefficient (Wildman–Crippen LogP) is 2.42. The second-order valence-electron chi connectivity index (χ2n) is 7.14. The molecule has 0 spiro atoms. The second-order valence-corrected chi connectivity index (χ2v) is 7.97. The number of carbonyl (C=O) groups is 1. The smallest absolute Gasteiger partial charge is 0.272 e. The number of aliphatic hydroxyl groups excluding tert-OH is 1. The molecule has 0 aliphatic carbocycles. The Hall–Kier alpha value is -2.48. The summed E-state index contributed by atoms with van der Waals surface area (Å²) in [6, 6.07) is 15.1. The highest BCUT2D eigenvalue weighted by atomic mass is 35.5. The molecule has 4 rings (SSSR count). The Balaban J connectivity index is 1.75. The van der Waals surface area contributed by atoms with Crippen molar-refractivity contribution >= 4 is 46.2 Å². The highest BCUT2D eigenvalue weighted by Gasteiger charge is 2.32. The Bertz CT molecular complexity index is 982. The number of aliphatic hydroxyl groups is 1. The SMILES string of the molecule is CN1C(=O)C(NC(=S)N2CCC(O)C2)N=C(c2ccccc2)c2cc(Cl)ccc21. The molecule has 2 aliphatic rings. The van der Waals surface area contributed by atoms with Crippen LogP contribution in [0.15, 0.2) is 53.5 Å². The van der Waals surface area contributed by atoms with Crippen molar-refractivity contribution in [1.82, 2.24) is 10.2 Å². The molecule has 2 unspecified atom stereocenters. The van der Waals surface area contributed by atoms with Crippen molar-refractivity contribution in [1.29, 1.82) is 0 Å². The van der Waals surface area contributed by atoms with Crippen LogP contribution in [0.5, 0.6) is 0 Å². The van der Waals surface area contributed by atoms with Gasteiger partial charge in [-0.3, -0.25) is 4.79 Å². The van der Waals surface area contributed by atoms with E-state index in [9.17, 15) is 9.90 Å². The first kappa shape index (κ1) is 19.8. The van der Waals surface area contributed by atoms with Crippen LogP contribution < -0.4 is 10.2 Å². The van der Waals surface area contributed by atoms with Crippen molar-refractivity contribution in [2.45, 2.75) is 18.7 Å². The lowest BCUT2D eigenvalue weighted by Gasteiger charge is -2.25. The largest absolute Gasteiger partial charge is 0.391 e. The van der Waals surface area contributed by atoms with E-state index in [2.05, 4.69) is 5.32 Å². The van der Waals surface area contributed by atoms with Crippen LogP contribution >= 0.6 is 23.8 Å². The number of hydrogen-bond acceptors (Lipinski definition) is 4. The number of fused-ring (bicyclic) bond motifs is 1. The number of benzene rings is 2. The summed E-state index contributed by atoms with van der Waals surface area (Å²) >= 11 is 11.8. The van der Waals surface area contributed by atoms with Gasteiger partial charge in [-0.2, -0.15) is 0 Å². The molecule has 150 valence electrons. The van der Waals surface area contributed by atoms with Gasteiger partial charge in [-0.1, -0.05) is 41.9 Å². The van der Waals surface area contributed by atoms with E-state index in [1.807, 2.05) is 47.4 Å². The Labute approximate surface area is 179 Å². The summed E-state index contributed by atoms with van der Waals surface area (Å²) in [6.45, 7) is 1.10. The zero-order valence-corrected chi connectivity index (χ0v) is 17.5. The Morgan fingerprint density at radius 3 is 2.72 bits per heavy atom. The number of aliphatic imine (C=N–C) groups is 1. The first-order chi connectivity index (χ1) is 13.9. The summed E-state index contributed by atoms with van der Waals surface area (Å²) in [6.07, 6.45) is -0.633. The average Bonchev–Trinajstić information content (AvgIpc) is 3.13. The molecule has 2 heterocycles. The lowest BCUT2D eigenvalue weighted by molar-refractivity contribution is -0.119. The van der Waals surface area contributed by atoms with Crippen LogP contribution in [0.3, 0.4) is 0 Å². The molecule has 0 bridgehead atoms. The second kappa shape index (κ2) is 8.10. The maximum Gasteiger partial charge on any atom is 0.272 e. The zero-order valence-electron chi connectivity index (χ0n) is 15.9. The van der Waals surface area contributed by atoms with Crippen molar-refractivity contribution < 1.29 is 9.90 Å². The third-order valence-electron chi connectivity index (χ3n) is 5.16. The molecule has 2 aromatic carbocycles. The highest BCUT2D eigenvalue weighted by Crippen LogP contribution is 2.30. The van der Waals surface area contributed by atoms with E-state index in [-0.39, 0.29) is 5.91 Å². The maximum absolute atomic E-state index is 13.2. The van der Waals surface area contributed by atoms with Gasteiger partial charge >= 0.3 is 0 Å². The number of carbonyl (C=O) groups excluding carboxylic acids is 1. The number of halogens is 1. The monoisotopic (exact) mass is 428 g/mol. The van der Waals surface area contributed by atoms with Gasteiger partial charge in [0.05, 0.1) is 17.5 Å². The van der Waals surface area contributed by atoms with Crippen molar-refractivity contribution in [3.63, 3.8) is 0 Å². The molecule has 0 saturated carbocycles. The molecular formula is C21H21ClN4O2S. The lowest BCUT2D eigenvalue weighted by atomic mass is 10.0. The summed E-state index contributed by atoms with van der Waals surface area (Å²) in [5.41, 5.74) is 3.07. The van der Waals surface area contributed by atoms with Gasteiger partial charge < -0.3 is 20.2 Å². The number of nitrogens with zero attached hydrogens (tertiary/aromatic N) is 3. The summed E-state index contributed by atoms with van der Waals surface area (Å²) in [5.74, 6) is -0.221. The molecule has 29 heavy (non-hydrogen) atoms. The van der Waals surface area contributed by atoms with Crippen molar-refractivity contribution in [3.05, 3.63) is 64.7 Å². The first-order valence-electron chi connectivity index (χ1n) is 9.38. The summed E-state index contributed by atoms with van der Waals surface area (Å²) in [5, 5.41) is 13.9. The van der Waals surface area contributed by atoms with Crippen LogP contribution in [0, 0.1) is 0 Å². The molecule has 0 radical (unpaired) electrons. The third-order valence-corrected chi connectivity index (χ3v) is 5.77. The van der Waals surface area contributed by atoms with E-state index in [1.54, 1.807) is 18.0 Å². The van der Waals surface area contributed by atoms with Gasteiger partial charge in [-0.25, -0.2) is 4.99 Å². The van der Waals surface area contributed by atoms with Crippen LogP contribution in [0.1, 0.15) is 17.5 Å². The van der Waals surface area contributed by atoms with E-state index >= 15 is 0 Å². The molecule has 1 saturated heterocycles. The summed E-state index contributed by atoms with van der Waals surface area (Å²) < 4.78 is 0. The number of thiocarbonyl (C=S) groups is 1. The zero-order chi connectivity index (χ0) is 20.5. The van der Waals surface area contributed by atoms with Gasteiger partial charge in [0.2, 0.25) is 6.17 Å². The topological polar surface area (TPSA) is 68.2 Å². The average molecular weight is 429 g/mol. The molecule has 8 heteroatoms. The highest BCUT2D eigenvalue weighted by molar-refractivity contribution is 7.80. The van der Waals surface area contributed by atoms with Gasteiger partial charge in [-0.05, 0) is 36.8 Å². The van der Waals surface area contributed by atoms with Crippen LogP contribution in [-0.2, 0) is 4.79 Å². The summed E-state index contributed by atoms with van der Waals surface area (Å²) in [4.78, 5) is 21.4. The number of hydrogen-bond donors (Lipinski definition) is 2. The molecule has 6 nitrogen and oxygen atoms in total. The van der Waals surface area contributed by atoms with Gasteiger partial charge in [0.15, 0.2) is 5.11 Å². The van der Waals surface area contributed by atoms with Gasteiger partial charge in [0.25, 0.3) is 5.91 Å². The minimum absolute atomic E-state index is 0.221. The van der Waals surface area contributed by atoms with Crippen LogP contribution in [-0.4, -0.2) is 59.1 Å². The van der Waals surface area contributed by atoms with E-state index in [1.165, 1.54) is 0 Å². The lowest BCUT2D eigenvalue weighted by Crippen LogP contribution is -2.50. The van der Waals surface area contributed by atoms with Crippen molar-refractivity contribution in [3.8, 4) is 0 Å². The fourth-order valence-electron chi connectivity index (χ4n) is 3.60. The van der Waals surface area contributed by atoms with Crippen LogP contribution in [0.4, 0.5) is 5.69 Å². The Morgan fingerprint density at radius 1 is 1.28 bits per heavy atom. The fourth-order valence-corrected chi connectivity index (χ4v) is 4.05. The Kier molecular flexibility index (Phi) is 5.54. The number of likely N-dealkylation sites (tertiary alicyclic amines) is 1. The first-order valence-corrected chi connectivity index (χ1v) is 10.2. The molecule has 2 aliphatic heterocycles. The van der Waals surface area contributed by atoms with E-state index in [0.29, 0.717) is 35.4 Å². The minimum atomic E-state index is -0.883. The van der Waals surface area contributed by atoms with Crippen molar-refractivity contribution in [2.75, 3.05) is 25.0 Å². The molecule has 2 aromatic rings. The molecule has 2 atom stereocenters. The number of benzodiazepines with no additional fused rings is 1. The van der Waals surface area contributed by atoms with E-state index < -0.39 is 12.3 Å². The Morgan fingerprint density at radius 2 is 2.03 bits per heavy atom. The third kappa shape index (κ3) is 3.99. The van der Waals surface area contributed by atoms with Gasteiger partial charge in [0, 0.05) is 36.3 Å². The number of anilines is 1. The molecule has 1 fully saturated rings. The number of nitrogens with one attached hydrogen (secondary N) is 1. The number of likely N-dealkylation sites (N-methyl/N-ethyl adjacent to an activating group) is 1. The standard InChI is InChI=1S/C21H21ClN4O2S/c1-25-17-8-7-14(22)11-16(17)18(13-5-3-2-4-6-13)23-19(20(25)28)24-21(29)26-10-9-15(27)12-26/h2-8,11,15,19,27H,9-10,12H2,1H3,(H,24,29). The molecular weight excluding hydrogens is 408 g/mol. The van der Waals surface area contributed by atoms with Gasteiger partial charge in [-0.15, -0.1) is 0 Å². The molecule has 2 N–H and O–H groups in total. The number of rotatable bonds is 2. The van der Waals surface area contributed by atoms with Crippen molar-refractivity contribution in [2.24, 2.45) is 4.99 Å². The van der Waals surface area contributed by atoms with Crippen LogP contribution in [0.25, 0.3) is 0 Å². The fraction of sp³-hybridized carbons (Fsp3) is 0.286. The normalized spacial score (nSPS) is 21.5. The predicted molar refractivity (Wildman–Crippen MR) is 119 cm³/mol. The quantitative estimate of drug-likeness (QED) is 0.719. The van der Waals surface area contributed by atoms with E-state index in [0.717, 1.165) is 16.8 Å². The minimum Gasteiger partial charge on any atom is -0.391 e. The summed E-state index contributed by atoms with van der Waals surface area (Å²) in [7, 11) is 1.72. The number of amides is 1.